The van der Waals surface area contributed by atoms with E-state index in [9.17, 15) is 0 Å². The summed E-state index contributed by atoms with van der Waals surface area (Å²) in [5.74, 6) is 1.85. The van der Waals surface area contributed by atoms with Crippen molar-refractivity contribution in [1.82, 2.24) is 15.0 Å². The van der Waals surface area contributed by atoms with Crippen LogP contribution < -0.4 is 15.1 Å². The highest BCUT2D eigenvalue weighted by Crippen LogP contribution is 2.17. The third-order valence-electron chi connectivity index (χ3n) is 2.78. The number of nitrogens with zero attached hydrogens (tertiary/aromatic N) is 5. The molecule has 0 spiro atoms. The Balaban J connectivity index is 3.11. The lowest BCUT2D eigenvalue weighted by Gasteiger charge is -2.27. The largest absolute Gasteiger partial charge is 0.396 e. The Labute approximate surface area is 121 Å². The van der Waals surface area contributed by atoms with E-state index in [2.05, 4.69) is 39.0 Å². The fraction of sp³-hybridized carbons (Fsp3) is 0.769. The van der Waals surface area contributed by atoms with Crippen LogP contribution in [0.1, 0.15) is 27.2 Å². The molecule has 0 radical (unpaired) electrons. The first-order chi connectivity index (χ1) is 9.49. The van der Waals surface area contributed by atoms with Crippen molar-refractivity contribution in [2.45, 2.75) is 33.2 Å². The monoisotopic (exact) mass is 282 g/mol. The molecule has 0 amide bonds. The summed E-state index contributed by atoms with van der Waals surface area (Å²) in [6.45, 7) is 7.82. The highest BCUT2D eigenvalue weighted by atomic mass is 16.3. The van der Waals surface area contributed by atoms with Gasteiger partial charge in [-0.25, -0.2) is 0 Å². The third kappa shape index (κ3) is 4.48. The van der Waals surface area contributed by atoms with Gasteiger partial charge >= 0.3 is 0 Å². The van der Waals surface area contributed by atoms with Gasteiger partial charge in [-0.3, -0.25) is 0 Å². The molecule has 0 fully saturated rings. The lowest BCUT2D eigenvalue weighted by atomic mass is 10.3. The van der Waals surface area contributed by atoms with Gasteiger partial charge in [0, 0.05) is 39.8 Å². The van der Waals surface area contributed by atoms with Gasteiger partial charge < -0.3 is 20.2 Å². The van der Waals surface area contributed by atoms with Crippen LogP contribution in [0, 0.1) is 0 Å². The number of aliphatic hydroxyl groups excluding tert-OH is 1. The van der Waals surface area contributed by atoms with Crippen LogP contribution in [-0.2, 0) is 0 Å². The van der Waals surface area contributed by atoms with E-state index < -0.39 is 0 Å². The third-order valence-corrected chi connectivity index (χ3v) is 2.78. The van der Waals surface area contributed by atoms with E-state index in [1.54, 1.807) is 0 Å². The van der Waals surface area contributed by atoms with Gasteiger partial charge in [0.2, 0.25) is 17.8 Å². The van der Waals surface area contributed by atoms with Crippen molar-refractivity contribution in [3.8, 4) is 0 Å². The minimum Gasteiger partial charge on any atom is -0.396 e. The first-order valence-electron chi connectivity index (χ1n) is 7.04. The average Bonchev–Trinajstić information content (AvgIpc) is 2.39. The van der Waals surface area contributed by atoms with Crippen molar-refractivity contribution < 1.29 is 5.11 Å². The second kappa shape index (κ2) is 7.84. The van der Waals surface area contributed by atoms with Crippen LogP contribution >= 0.6 is 0 Å². The topological polar surface area (TPSA) is 77.4 Å². The molecule has 0 aliphatic rings. The van der Waals surface area contributed by atoms with E-state index >= 15 is 0 Å². The molecule has 0 saturated carbocycles. The van der Waals surface area contributed by atoms with Gasteiger partial charge in [-0.05, 0) is 27.2 Å². The molecular formula is C13H26N6O. The van der Waals surface area contributed by atoms with E-state index in [-0.39, 0.29) is 12.6 Å². The van der Waals surface area contributed by atoms with Crippen LogP contribution in [-0.4, -0.2) is 59.9 Å². The fourth-order valence-electron chi connectivity index (χ4n) is 1.75. The Kier molecular flexibility index (Phi) is 6.44. The predicted octanol–water partition coefficient (Wildman–Crippen LogP) is 0.967. The van der Waals surface area contributed by atoms with Crippen LogP contribution in [0.2, 0.25) is 0 Å². The zero-order valence-electron chi connectivity index (χ0n) is 13.1. The highest BCUT2D eigenvalue weighted by molar-refractivity contribution is 5.44. The number of aromatic nitrogens is 3. The number of anilines is 3. The standard InChI is InChI=1S/C13H26N6O/c1-6-14-11-15-12(18(4)5)17-13(16-11)19(10(2)3)8-7-9-20/h10,20H,6-9H2,1-5H3,(H,14,15,16,17). The number of hydrogen-bond acceptors (Lipinski definition) is 7. The van der Waals surface area contributed by atoms with Crippen LogP contribution in [0.15, 0.2) is 0 Å². The maximum atomic E-state index is 9.03. The summed E-state index contributed by atoms with van der Waals surface area (Å²) >= 11 is 0. The number of aliphatic hydroxyl groups is 1. The molecule has 7 heteroatoms. The number of rotatable bonds is 8. The zero-order chi connectivity index (χ0) is 15.1. The fourth-order valence-corrected chi connectivity index (χ4v) is 1.75. The van der Waals surface area contributed by atoms with Crippen LogP contribution in [0.4, 0.5) is 17.8 Å². The second-order valence-corrected chi connectivity index (χ2v) is 5.05. The summed E-state index contributed by atoms with van der Waals surface area (Å²) < 4.78 is 0. The Morgan fingerprint density at radius 2 is 1.80 bits per heavy atom. The first kappa shape index (κ1) is 16.4. The Bertz CT molecular complexity index is 410. The van der Waals surface area contributed by atoms with Gasteiger partial charge in [0.1, 0.15) is 0 Å². The van der Waals surface area contributed by atoms with Gasteiger partial charge in [-0.15, -0.1) is 0 Å². The van der Waals surface area contributed by atoms with Gasteiger partial charge in [-0.2, -0.15) is 15.0 Å². The molecule has 0 unspecified atom stereocenters. The Morgan fingerprint density at radius 3 is 2.30 bits per heavy atom. The van der Waals surface area contributed by atoms with Crippen molar-refractivity contribution in [3.63, 3.8) is 0 Å². The lowest BCUT2D eigenvalue weighted by Crippen LogP contribution is -2.34. The summed E-state index contributed by atoms with van der Waals surface area (Å²) in [6.07, 6.45) is 0.692. The molecule has 0 aliphatic heterocycles. The molecule has 2 N–H and O–H groups in total. The summed E-state index contributed by atoms with van der Waals surface area (Å²) in [5, 5.41) is 12.2. The predicted molar refractivity (Wildman–Crippen MR) is 82.5 cm³/mol. The second-order valence-electron chi connectivity index (χ2n) is 5.05. The summed E-state index contributed by atoms with van der Waals surface area (Å²) in [4.78, 5) is 17.3. The molecule has 0 bridgehead atoms. The molecule has 20 heavy (non-hydrogen) atoms. The van der Waals surface area contributed by atoms with E-state index in [1.165, 1.54) is 0 Å². The molecule has 0 atom stereocenters. The van der Waals surface area contributed by atoms with E-state index in [0.717, 1.165) is 13.1 Å². The molecular weight excluding hydrogens is 256 g/mol. The van der Waals surface area contributed by atoms with Crippen LogP contribution in [0.3, 0.4) is 0 Å². The van der Waals surface area contributed by atoms with Gasteiger partial charge in [0.25, 0.3) is 0 Å². The van der Waals surface area contributed by atoms with Crippen molar-refractivity contribution >= 4 is 17.8 Å². The molecule has 0 saturated heterocycles. The summed E-state index contributed by atoms with van der Waals surface area (Å²) in [6, 6.07) is 0.258. The summed E-state index contributed by atoms with van der Waals surface area (Å²) in [5.41, 5.74) is 0. The molecule has 0 aromatic carbocycles. The smallest absolute Gasteiger partial charge is 0.232 e. The van der Waals surface area contributed by atoms with Gasteiger partial charge in [0.15, 0.2) is 0 Å². The maximum absolute atomic E-state index is 9.03. The minimum absolute atomic E-state index is 0.162. The molecule has 7 nitrogen and oxygen atoms in total. The highest BCUT2D eigenvalue weighted by Gasteiger charge is 2.16. The van der Waals surface area contributed by atoms with E-state index in [4.69, 9.17) is 5.11 Å². The van der Waals surface area contributed by atoms with Crippen molar-refractivity contribution in [2.75, 3.05) is 48.9 Å². The summed E-state index contributed by atoms with van der Waals surface area (Å²) in [7, 11) is 3.81. The van der Waals surface area contributed by atoms with Crippen molar-refractivity contribution in [1.29, 1.82) is 0 Å². The van der Waals surface area contributed by atoms with Gasteiger partial charge in [0.05, 0.1) is 0 Å². The Hall–Kier alpha value is -1.63. The van der Waals surface area contributed by atoms with Crippen molar-refractivity contribution in [2.24, 2.45) is 0 Å². The molecule has 0 aliphatic carbocycles. The maximum Gasteiger partial charge on any atom is 0.232 e. The van der Waals surface area contributed by atoms with E-state index in [1.807, 2.05) is 25.9 Å². The van der Waals surface area contributed by atoms with Crippen LogP contribution in [0.25, 0.3) is 0 Å². The van der Waals surface area contributed by atoms with Crippen molar-refractivity contribution in [3.05, 3.63) is 0 Å². The van der Waals surface area contributed by atoms with Gasteiger partial charge in [-0.1, -0.05) is 0 Å². The van der Waals surface area contributed by atoms with Crippen LogP contribution in [0.5, 0.6) is 0 Å². The zero-order valence-corrected chi connectivity index (χ0v) is 13.1. The molecule has 1 rings (SSSR count). The Morgan fingerprint density at radius 1 is 1.15 bits per heavy atom. The lowest BCUT2D eigenvalue weighted by molar-refractivity contribution is 0.288. The first-order valence-corrected chi connectivity index (χ1v) is 7.04. The SMILES string of the molecule is CCNc1nc(N(C)C)nc(N(CCCO)C(C)C)n1. The minimum atomic E-state index is 0.162. The molecule has 114 valence electrons. The quantitative estimate of drug-likeness (QED) is 0.735. The molecule has 1 aromatic rings. The average molecular weight is 282 g/mol. The number of nitrogens with one attached hydrogen (secondary N) is 1. The molecule has 1 heterocycles. The molecule has 1 aromatic heterocycles. The normalized spacial score (nSPS) is 10.8. The number of hydrogen-bond donors (Lipinski definition) is 2. The van der Waals surface area contributed by atoms with E-state index in [0.29, 0.717) is 24.3 Å².